The lowest BCUT2D eigenvalue weighted by Crippen LogP contribution is -2.39. The van der Waals surface area contributed by atoms with Gasteiger partial charge in [0.15, 0.2) is 17.3 Å². The molecule has 0 radical (unpaired) electrons. The van der Waals surface area contributed by atoms with E-state index < -0.39 is 0 Å². The number of ketones is 1. The lowest BCUT2D eigenvalue weighted by Gasteiger charge is -2.33. The van der Waals surface area contributed by atoms with Gasteiger partial charge in [-0.15, -0.1) is 0 Å². The normalized spacial score (nSPS) is 16.7. The van der Waals surface area contributed by atoms with Gasteiger partial charge in [0.05, 0.1) is 25.9 Å². The highest BCUT2D eigenvalue weighted by molar-refractivity contribution is 5.98. The summed E-state index contributed by atoms with van der Waals surface area (Å²) >= 11 is 0. The fourth-order valence-corrected chi connectivity index (χ4v) is 3.29. The van der Waals surface area contributed by atoms with Gasteiger partial charge in [-0.2, -0.15) is 5.26 Å². The molecule has 1 aromatic carbocycles. The zero-order valence-corrected chi connectivity index (χ0v) is 14.9. The number of pyridine rings is 1. The van der Waals surface area contributed by atoms with Crippen molar-refractivity contribution in [1.82, 2.24) is 4.98 Å². The molecule has 0 saturated carbocycles. The van der Waals surface area contributed by atoms with Crippen LogP contribution < -0.4 is 14.4 Å². The van der Waals surface area contributed by atoms with Crippen LogP contribution in [0.3, 0.4) is 0 Å². The molecule has 0 spiro atoms. The second kappa shape index (κ2) is 7.87. The zero-order chi connectivity index (χ0) is 18.5. The number of carbonyl (C=O) groups excluding carboxylic acids is 1. The molecule has 1 saturated heterocycles. The summed E-state index contributed by atoms with van der Waals surface area (Å²) in [4.78, 5) is 19.4. The highest BCUT2D eigenvalue weighted by Crippen LogP contribution is 2.30. The van der Waals surface area contributed by atoms with Crippen molar-refractivity contribution in [2.45, 2.75) is 12.8 Å². The van der Waals surface area contributed by atoms with Crippen LogP contribution in [0.15, 0.2) is 36.5 Å². The first-order chi connectivity index (χ1) is 12.7. The first-order valence-electron chi connectivity index (χ1n) is 8.53. The van der Waals surface area contributed by atoms with Crippen LogP contribution in [0.5, 0.6) is 11.5 Å². The molecule has 1 fully saturated rings. The van der Waals surface area contributed by atoms with Crippen LogP contribution in [-0.2, 0) is 0 Å². The van der Waals surface area contributed by atoms with E-state index in [9.17, 15) is 4.79 Å². The second-order valence-corrected chi connectivity index (χ2v) is 6.23. The fourth-order valence-electron chi connectivity index (χ4n) is 3.29. The molecule has 0 amide bonds. The zero-order valence-electron chi connectivity index (χ0n) is 14.9. The number of Topliss-reactive ketones (excluding diaryl/α,β-unsaturated/α-hetero) is 1. The van der Waals surface area contributed by atoms with Crippen molar-refractivity contribution in [3.05, 3.63) is 47.7 Å². The molecule has 6 nitrogen and oxygen atoms in total. The predicted octanol–water partition coefficient (Wildman–Crippen LogP) is 3.07. The number of anilines is 1. The highest BCUT2D eigenvalue weighted by Gasteiger charge is 2.28. The van der Waals surface area contributed by atoms with Crippen molar-refractivity contribution in [3.63, 3.8) is 0 Å². The van der Waals surface area contributed by atoms with Crippen LogP contribution in [0.1, 0.15) is 28.8 Å². The second-order valence-electron chi connectivity index (χ2n) is 6.23. The molecule has 1 aliphatic heterocycles. The molecule has 1 aliphatic rings. The Balaban J connectivity index is 1.79. The third-order valence-electron chi connectivity index (χ3n) is 4.66. The minimum absolute atomic E-state index is 0.0899. The Labute approximate surface area is 153 Å². The minimum Gasteiger partial charge on any atom is -0.493 e. The molecule has 0 aliphatic carbocycles. The molecule has 1 atom stereocenters. The molecule has 1 unspecified atom stereocenters. The summed E-state index contributed by atoms with van der Waals surface area (Å²) in [6, 6.07) is 10.8. The van der Waals surface area contributed by atoms with Crippen molar-refractivity contribution in [3.8, 4) is 17.6 Å². The Morgan fingerprint density at radius 2 is 2.04 bits per heavy atom. The van der Waals surface area contributed by atoms with Gasteiger partial charge in [0.2, 0.25) is 0 Å². The number of ether oxygens (including phenoxy) is 2. The van der Waals surface area contributed by atoms with Crippen molar-refractivity contribution >= 4 is 11.6 Å². The average molecular weight is 351 g/mol. The van der Waals surface area contributed by atoms with Gasteiger partial charge >= 0.3 is 0 Å². The van der Waals surface area contributed by atoms with E-state index in [0.29, 0.717) is 29.2 Å². The van der Waals surface area contributed by atoms with Crippen molar-refractivity contribution in [2.75, 3.05) is 32.2 Å². The van der Waals surface area contributed by atoms with Crippen LogP contribution in [0, 0.1) is 17.2 Å². The van der Waals surface area contributed by atoms with Crippen LogP contribution >= 0.6 is 0 Å². The number of hydrogen-bond donors (Lipinski definition) is 0. The molecular weight excluding hydrogens is 330 g/mol. The van der Waals surface area contributed by atoms with Gasteiger partial charge < -0.3 is 14.4 Å². The van der Waals surface area contributed by atoms with Gasteiger partial charge in [-0.25, -0.2) is 4.98 Å². The molecule has 2 aromatic rings. The van der Waals surface area contributed by atoms with Gasteiger partial charge in [0, 0.05) is 30.8 Å². The standard InChI is InChI=1S/C20H21N3O3/c1-25-17-6-5-15(11-18(17)26-2)20(24)16-4-3-9-23(13-16)19-10-14(12-21)7-8-22-19/h5-8,10-11,16H,3-4,9,13H2,1-2H3. The van der Waals surface area contributed by atoms with Crippen LogP contribution in [0.2, 0.25) is 0 Å². The monoisotopic (exact) mass is 351 g/mol. The maximum Gasteiger partial charge on any atom is 0.167 e. The Morgan fingerprint density at radius 1 is 1.23 bits per heavy atom. The van der Waals surface area contributed by atoms with Gasteiger partial charge in [-0.05, 0) is 43.2 Å². The van der Waals surface area contributed by atoms with E-state index in [-0.39, 0.29) is 11.7 Å². The fraction of sp³-hybridized carbons (Fsp3) is 0.350. The van der Waals surface area contributed by atoms with E-state index in [1.54, 1.807) is 50.7 Å². The third-order valence-corrected chi connectivity index (χ3v) is 4.66. The minimum atomic E-state index is -0.116. The Kier molecular flexibility index (Phi) is 5.37. The molecule has 0 bridgehead atoms. The first-order valence-corrected chi connectivity index (χ1v) is 8.53. The number of nitrogens with zero attached hydrogens (tertiary/aromatic N) is 3. The van der Waals surface area contributed by atoms with E-state index >= 15 is 0 Å². The number of rotatable bonds is 5. The SMILES string of the molecule is COc1ccc(C(=O)C2CCCN(c3cc(C#N)ccn3)C2)cc1OC. The molecule has 1 aromatic heterocycles. The average Bonchev–Trinajstić information content (AvgIpc) is 2.72. The van der Waals surface area contributed by atoms with E-state index in [2.05, 4.69) is 16.0 Å². The molecule has 3 rings (SSSR count). The summed E-state index contributed by atoms with van der Waals surface area (Å²) in [5.74, 6) is 1.87. The molecule has 0 N–H and O–H groups in total. The summed E-state index contributed by atoms with van der Waals surface area (Å²) < 4.78 is 10.5. The molecule has 2 heterocycles. The van der Waals surface area contributed by atoms with E-state index in [4.69, 9.17) is 14.7 Å². The Bertz CT molecular complexity index is 844. The Morgan fingerprint density at radius 3 is 2.77 bits per heavy atom. The molecule has 134 valence electrons. The van der Waals surface area contributed by atoms with Gasteiger partial charge in [-0.3, -0.25) is 4.79 Å². The quantitative estimate of drug-likeness (QED) is 0.771. The number of nitriles is 1. The van der Waals surface area contributed by atoms with Gasteiger partial charge in [-0.1, -0.05) is 0 Å². The Hall–Kier alpha value is -3.07. The first kappa shape index (κ1) is 17.7. The summed E-state index contributed by atoms with van der Waals surface area (Å²) in [7, 11) is 3.13. The van der Waals surface area contributed by atoms with E-state index in [0.717, 1.165) is 25.2 Å². The summed E-state index contributed by atoms with van der Waals surface area (Å²) in [6.45, 7) is 1.42. The lowest BCUT2D eigenvalue weighted by atomic mass is 9.90. The van der Waals surface area contributed by atoms with Crippen LogP contribution in [-0.4, -0.2) is 38.1 Å². The van der Waals surface area contributed by atoms with Gasteiger partial charge in [0.1, 0.15) is 5.82 Å². The maximum absolute atomic E-state index is 13.0. The lowest BCUT2D eigenvalue weighted by molar-refractivity contribution is 0.0906. The van der Waals surface area contributed by atoms with Gasteiger partial charge in [0.25, 0.3) is 0 Å². The maximum atomic E-state index is 13.0. The third kappa shape index (κ3) is 3.62. The number of methoxy groups -OCH3 is 2. The smallest absolute Gasteiger partial charge is 0.167 e. The molecular formula is C20H21N3O3. The molecule has 26 heavy (non-hydrogen) atoms. The largest absolute Gasteiger partial charge is 0.493 e. The van der Waals surface area contributed by atoms with Crippen molar-refractivity contribution in [1.29, 1.82) is 5.26 Å². The predicted molar refractivity (Wildman–Crippen MR) is 97.8 cm³/mol. The number of benzene rings is 1. The van der Waals surface area contributed by atoms with Crippen LogP contribution in [0.25, 0.3) is 0 Å². The summed E-state index contributed by atoms with van der Waals surface area (Å²) in [5, 5.41) is 9.07. The van der Waals surface area contributed by atoms with Crippen molar-refractivity contribution in [2.24, 2.45) is 5.92 Å². The number of aromatic nitrogens is 1. The van der Waals surface area contributed by atoms with Crippen LogP contribution in [0.4, 0.5) is 5.82 Å². The van der Waals surface area contributed by atoms with Crippen molar-refractivity contribution < 1.29 is 14.3 Å². The summed E-state index contributed by atoms with van der Waals surface area (Å²) in [6.07, 6.45) is 3.37. The number of hydrogen-bond acceptors (Lipinski definition) is 6. The van der Waals surface area contributed by atoms with E-state index in [1.807, 2.05) is 0 Å². The molecule has 6 heteroatoms. The summed E-state index contributed by atoms with van der Waals surface area (Å²) in [5.41, 5.74) is 1.19. The van der Waals surface area contributed by atoms with E-state index in [1.165, 1.54) is 0 Å². The topological polar surface area (TPSA) is 75.5 Å². The number of carbonyl (C=O) groups is 1. The highest BCUT2D eigenvalue weighted by atomic mass is 16.5. The number of piperidine rings is 1.